The number of amides is 1. The van der Waals surface area contributed by atoms with E-state index in [4.69, 9.17) is 11.6 Å². The monoisotopic (exact) mass is 253 g/mol. The number of benzene rings is 1. The van der Waals surface area contributed by atoms with Crippen molar-refractivity contribution in [2.24, 2.45) is 5.92 Å². The lowest BCUT2D eigenvalue weighted by molar-refractivity contribution is 0.0946. The number of halogens is 1. The summed E-state index contributed by atoms with van der Waals surface area (Å²) in [7, 11) is 0. The summed E-state index contributed by atoms with van der Waals surface area (Å²) in [5.41, 5.74) is 1.77. The Morgan fingerprint density at radius 2 is 2.12 bits per heavy atom. The van der Waals surface area contributed by atoms with Crippen LogP contribution in [0, 0.1) is 12.8 Å². The third kappa shape index (κ3) is 4.39. The highest BCUT2D eigenvalue weighted by Gasteiger charge is 2.10. The molecule has 1 aromatic rings. The summed E-state index contributed by atoms with van der Waals surface area (Å²) in [4.78, 5) is 11.9. The average Bonchev–Trinajstić information content (AvgIpc) is 2.34. The summed E-state index contributed by atoms with van der Waals surface area (Å²) in [5.74, 6) is 1.13. The molecule has 94 valence electrons. The molecule has 0 spiro atoms. The van der Waals surface area contributed by atoms with Crippen molar-refractivity contribution in [1.82, 2.24) is 5.32 Å². The molecule has 0 radical (unpaired) electrons. The summed E-state index contributed by atoms with van der Waals surface area (Å²) in [6.07, 6.45) is 1.99. The van der Waals surface area contributed by atoms with Gasteiger partial charge in [0.25, 0.3) is 5.91 Å². The normalized spacial score (nSPS) is 12.2. The van der Waals surface area contributed by atoms with Crippen molar-refractivity contribution in [3.63, 3.8) is 0 Å². The van der Waals surface area contributed by atoms with E-state index in [-0.39, 0.29) is 5.91 Å². The number of rotatable bonds is 6. The molecule has 1 amide bonds. The number of hydrogen-bond acceptors (Lipinski definition) is 1. The predicted octanol–water partition coefficient (Wildman–Crippen LogP) is 3.38. The third-order valence-corrected chi connectivity index (χ3v) is 3.25. The second-order valence-electron chi connectivity index (χ2n) is 4.28. The fourth-order valence-electron chi connectivity index (χ4n) is 1.76. The van der Waals surface area contributed by atoms with Crippen LogP contribution in [0.5, 0.6) is 0 Å². The van der Waals surface area contributed by atoms with Crippen LogP contribution in [-0.4, -0.2) is 18.3 Å². The van der Waals surface area contributed by atoms with Gasteiger partial charge in [0.1, 0.15) is 0 Å². The van der Waals surface area contributed by atoms with Gasteiger partial charge in [0, 0.05) is 18.0 Å². The quantitative estimate of drug-likeness (QED) is 0.774. The summed E-state index contributed by atoms with van der Waals surface area (Å²) in [5, 5.41) is 2.98. The number of aryl methyl sites for hydroxylation is 1. The lowest BCUT2D eigenvalue weighted by Gasteiger charge is -2.14. The maximum Gasteiger partial charge on any atom is 0.251 e. The molecule has 0 saturated heterocycles. The van der Waals surface area contributed by atoms with Crippen LogP contribution in [0.2, 0.25) is 0 Å². The SMILES string of the molecule is CCC(CCCl)CNC(=O)c1ccccc1C. The van der Waals surface area contributed by atoms with Gasteiger partial charge in [-0.15, -0.1) is 11.6 Å². The van der Waals surface area contributed by atoms with Crippen LogP contribution in [0.3, 0.4) is 0 Å². The Morgan fingerprint density at radius 1 is 1.41 bits per heavy atom. The minimum Gasteiger partial charge on any atom is -0.352 e. The van der Waals surface area contributed by atoms with Crippen molar-refractivity contribution in [2.75, 3.05) is 12.4 Å². The highest BCUT2D eigenvalue weighted by Crippen LogP contribution is 2.10. The molecule has 1 N–H and O–H groups in total. The first kappa shape index (κ1) is 14.0. The second kappa shape index (κ2) is 7.33. The number of nitrogens with one attached hydrogen (secondary N) is 1. The van der Waals surface area contributed by atoms with Crippen LogP contribution in [0.1, 0.15) is 35.7 Å². The summed E-state index contributed by atoms with van der Waals surface area (Å²) in [6, 6.07) is 7.63. The van der Waals surface area contributed by atoms with Crippen LogP contribution in [0.15, 0.2) is 24.3 Å². The summed E-state index contributed by atoms with van der Waals surface area (Å²) < 4.78 is 0. The zero-order chi connectivity index (χ0) is 12.7. The van der Waals surface area contributed by atoms with E-state index in [0.717, 1.165) is 24.0 Å². The molecule has 2 nitrogen and oxygen atoms in total. The Labute approximate surface area is 108 Å². The molecule has 0 bridgehead atoms. The molecule has 0 aromatic heterocycles. The van der Waals surface area contributed by atoms with Gasteiger partial charge < -0.3 is 5.32 Å². The smallest absolute Gasteiger partial charge is 0.251 e. The van der Waals surface area contributed by atoms with Crippen LogP contribution >= 0.6 is 11.6 Å². The van der Waals surface area contributed by atoms with E-state index in [1.54, 1.807) is 0 Å². The van der Waals surface area contributed by atoms with Gasteiger partial charge in [0.05, 0.1) is 0 Å². The maximum atomic E-state index is 11.9. The minimum atomic E-state index is 0.0103. The van der Waals surface area contributed by atoms with Gasteiger partial charge in [-0.05, 0) is 30.9 Å². The molecule has 1 aromatic carbocycles. The van der Waals surface area contributed by atoms with Gasteiger partial charge in [-0.25, -0.2) is 0 Å². The van der Waals surface area contributed by atoms with Crippen molar-refractivity contribution >= 4 is 17.5 Å². The Bertz CT molecular complexity index is 365. The molecule has 0 aliphatic carbocycles. The van der Waals surface area contributed by atoms with E-state index in [2.05, 4.69) is 12.2 Å². The topological polar surface area (TPSA) is 29.1 Å². The van der Waals surface area contributed by atoms with E-state index in [1.807, 2.05) is 31.2 Å². The van der Waals surface area contributed by atoms with Crippen molar-refractivity contribution in [3.05, 3.63) is 35.4 Å². The maximum absolute atomic E-state index is 11.9. The molecular weight excluding hydrogens is 234 g/mol. The van der Waals surface area contributed by atoms with Crippen LogP contribution in [0.25, 0.3) is 0 Å². The number of carbonyl (C=O) groups is 1. The molecule has 0 aliphatic rings. The van der Waals surface area contributed by atoms with Crippen molar-refractivity contribution in [3.8, 4) is 0 Å². The lowest BCUT2D eigenvalue weighted by atomic mass is 10.0. The zero-order valence-corrected chi connectivity index (χ0v) is 11.3. The van der Waals surface area contributed by atoms with E-state index in [0.29, 0.717) is 18.3 Å². The predicted molar refractivity (Wildman–Crippen MR) is 72.6 cm³/mol. The third-order valence-electron chi connectivity index (χ3n) is 3.04. The van der Waals surface area contributed by atoms with Crippen molar-refractivity contribution in [2.45, 2.75) is 26.7 Å². The van der Waals surface area contributed by atoms with Crippen LogP contribution < -0.4 is 5.32 Å². The molecule has 0 aliphatic heterocycles. The lowest BCUT2D eigenvalue weighted by Crippen LogP contribution is -2.29. The van der Waals surface area contributed by atoms with Gasteiger partial charge in [0.2, 0.25) is 0 Å². The Balaban J connectivity index is 2.52. The van der Waals surface area contributed by atoms with Crippen LogP contribution in [-0.2, 0) is 0 Å². The van der Waals surface area contributed by atoms with Crippen LogP contribution in [0.4, 0.5) is 0 Å². The average molecular weight is 254 g/mol. The van der Waals surface area contributed by atoms with Crippen molar-refractivity contribution in [1.29, 1.82) is 0 Å². The zero-order valence-electron chi connectivity index (χ0n) is 10.5. The summed E-state index contributed by atoms with van der Waals surface area (Å²) >= 11 is 5.72. The van der Waals surface area contributed by atoms with Gasteiger partial charge >= 0.3 is 0 Å². The number of hydrogen-bond donors (Lipinski definition) is 1. The molecule has 0 fully saturated rings. The molecular formula is C14H20ClNO. The van der Waals surface area contributed by atoms with E-state index < -0.39 is 0 Å². The Morgan fingerprint density at radius 3 is 2.71 bits per heavy atom. The molecule has 1 rings (SSSR count). The first-order chi connectivity index (χ1) is 8.19. The number of carbonyl (C=O) groups excluding carboxylic acids is 1. The molecule has 1 unspecified atom stereocenters. The minimum absolute atomic E-state index is 0.0103. The van der Waals surface area contributed by atoms with Gasteiger partial charge in [-0.3, -0.25) is 4.79 Å². The van der Waals surface area contributed by atoms with Gasteiger partial charge in [0.15, 0.2) is 0 Å². The molecule has 0 saturated carbocycles. The molecule has 17 heavy (non-hydrogen) atoms. The molecule has 0 heterocycles. The fraction of sp³-hybridized carbons (Fsp3) is 0.500. The summed E-state index contributed by atoms with van der Waals surface area (Å²) in [6.45, 7) is 4.78. The highest BCUT2D eigenvalue weighted by atomic mass is 35.5. The fourth-order valence-corrected chi connectivity index (χ4v) is 2.07. The van der Waals surface area contributed by atoms with Crippen molar-refractivity contribution < 1.29 is 4.79 Å². The molecule has 3 heteroatoms. The first-order valence-electron chi connectivity index (χ1n) is 6.08. The largest absolute Gasteiger partial charge is 0.352 e. The van der Waals surface area contributed by atoms with E-state index in [9.17, 15) is 4.79 Å². The Kier molecular flexibility index (Phi) is 6.06. The highest BCUT2D eigenvalue weighted by molar-refractivity contribution is 6.17. The van der Waals surface area contributed by atoms with Gasteiger partial charge in [-0.1, -0.05) is 31.5 Å². The standard InChI is InChI=1S/C14H20ClNO/c1-3-12(8-9-15)10-16-14(17)13-7-5-4-6-11(13)2/h4-7,12H,3,8-10H2,1-2H3,(H,16,17). The van der Waals surface area contributed by atoms with E-state index >= 15 is 0 Å². The van der Waals surface area contributed by atoms with Gasteiger partial charge in [-0.2, -0.15) is 0 Å². The molecule has 1 atom stereocenters. The number of alkyl halides is 1. The van der Waals surface area contributed by atoms with E-state index in [1.165, 1.54) is 0 Å². The Hall–Kier alpha value is -1.02. The second-order valence-corrected chi connectivity index (χ2v) is 4.65. The first-order valence-corrected chi connectivity index (χ1v) is 6.62.